The molecule has 0 aromatic carbocycles. The van der Waals surface area contributed by atoms with Gasteiger partial charge in [-0.3, -0.25) is 4.90 Å². The lowest BCUT2D eigenvalue weighted by atomic mass is 10.1. The average Bonchev–Trinajstić information content (AvgIpc) is 2.56. The number of hydrogen-bond donors (Lipinski definition) is 1. The fraction of sp³-hybridized carbons (Fsp3) is 0.700. The van der Waals surface area contributed by atoms with Crippen molar-refractivity contribution in [3.8, 4) is 0 Å². The second kappa shape index (κ2) is 4.11. The second-order valence-corrected chi connectivity index (χ2v) is 3.87. The van der Waals surface area contributed by atoms with Crippen molar-refractivity contribution in [2.75, 3.05) is 13.1 Å². The van der Waals surface area contributed by atoms with Crippen LogP contribution in [-0.2, 0) is 6.54 Å². The zero-order chi connectivity index (χ0) is 9.97. The van der Waals surface area contributed by atoms with Crippen molar-refractivity contribution < 1.29 is 9.52 Å². The molecular weight excluding hydrogens is 180 g/mol. The van der Waals surface area contributed by atoms with Gasteiger partial charge in [-0.25, -0.2) is 4.98 Å². The SMILES string of the molecule is Cc1nc(CN2CCC(O)CC2)co1. The smallest absolute Gasteiger partial charge is 0.191 e. The molecule has 1 aromatic heterocycles. The summed E-state index contributed by atoms with van der Waals surface area (Å²) in [5.74, 6) is 0.719. The van der Waals surface area contributed by atoms with E-state index in [0.717, 1.165) is 44.1 Å². The Hall–Kier alpha value is -0.870. The maximum atomic E-state index is 9.34. The van der Waals surface area contributed by atoms with E-state index in [4.69, 9.17) is 4.42 Å². The van der Waals surface area contributed by atoms with Crippen LogP contribution in [0.4, 0.5) is 0 Å². The van der Waals surface area contributed by atoms with Gasteiger partial charge in [-0.1, -0.05) is 0 Å². The first-order chi connectivity index (χ1) is 6.74. The van der Waals surface area contributed by atoms with Gasteiger partial charge in [0.05, 0.1) is 11.8 Å². The maximum absolute atomic E-state index is 9.34. The highest BCUT2D eigenvalue weighted by molar-refractivity contribution is 4.95. The molecule has 1 aliphatic heterocycles. The van der Waals surface area contributed by atoms with Crippen molar-refractivity contribution in [2.45, 2.75) is 32.4 Å². The summed E-state index contributed by atoms with van der Waals surface area (Å²) in [5.41, 5.74) is 0.985. The van der Waals surface area contributed by atoms with Gasteiger partial charge in [0.1, 0.15) is 6.26 Å². The van der Waals surface area contributed by atoms with E-state index in [2.05, 4.69) is 9.88 Å². The zero-order valence-electron chi connectivity index (χ0n) is 8.44. The molecule has 0 saturated carbocycles. The number of aliphatic hydroxyl groups is 1. The molecule has 1 saturated heterocycles. The third-order valence-corrected chi connectivity index (χ3v) is 2.61. The van der Waals surface area contributed by atoms with Gasteiger partial charge in [0.15, 0.2) is 5.89 Å². The van der Waals surface area contributed by atoms with Gasteiger partial charge in [0.2, 0.25) is 0 Å². The molecule has 2 rings (SSSR count). The van der Waals surface area contributed by atoms with Gasteiger partial charge < -0.3 is 9.52 Å². The highest BCUT2D eigenvalue weighted by Crippen LogP contribution is 2.13. The highest BCUT2D eigenvalue weighted by Gasteiger charge is 2.17. The molecule has 0 aliphatic carbocycles. The first kappa shape index (κ1) is 9.68. The van der Waals surface area contributed by atoms with E-state index in [-0.39, 0.29) is 6.10 Å². The lowest BCUT2D eigenvalue weighted by molar-refractivity contribution is 0.0786. The number of hydrogen-bond acceptors (Lipinski definition) is 4. The van der Waals surface area contributed by atoms with Gasteiger partial charge in [0, 0.05) is 26.6 Å². The van der Waals surface area contributed by atoms with Gasteiger partial charge in [-0.2, -0.15) is 0 Å². The molecule has 78 valence electrons. The molecule has 0 atom stereocenters. The van der Waals surface area contributed by atoms with Crippen molar-refractivity contribution in [3.63, 3.8) is 0 Å². The third kappa shape index (κ3) is 2.33. The minimum atomic E-state index is -0.106. The minimum absolute atomic E-state index is 0.106. The van der Waals surface area contributed by atoms with E-state index in [9.17, 15) is 5.11 Å². The number of piperidine rings is 1. The molecule has 0 spiro atoms. The van der Waals surface area contributed by atoms with E-state index in [1.54, 1.807) is 6.26 Å². The summed E-state index contributed by atoms with van der Waals surface area (Å²) >= 11 is 0. The van der Waals surface area contributed by atoms with Crippen LogP contribution in [0.5, 0.6) is 0 Å². The van der Waals surface area contributed by atoms with Crippen LogP contribution in [0.1, 0.15) is 24.4 Å². The van der Waals surface area contributed by atoms with E-state index in [1.807, 2.05) is 6.92 Å². The molecule has 4 nitrogen and oxygen atoms in total. The third-order valence-electron chi connectivity index (χ3n) is 2.61. The van der Waals surface area contributed by atoms with E-state index < -0.39 is 0 Å². The van der Waals surface area contributed by atoms with Crippen LogP contribution in [0, 0.1) is 6.92 Å². The lowest BCUT2D eigenvalue weighted by Gasteiger charge is -2.28. The van der Waals surface area contributed by atoms with E-state index in [1.165, 1.54) is 0 Å². The summed E-state index contributed by atoms with van der Waals surface area (Å²) in [5, 5.41) is 9.34. The van der Waals surface area contributed by atoms with Crippen LogP contribution in [0.3, 0.4) is 0 Å². The Bertz CT molecular complexity index is 290. The molecule has 0 amide bonds. The molecule has 4 heteroatoms. The van der Waals surface area contributed by atoms with Gasteiger partial charge in [-0.05, 0) is 12.8 Å². The van der Waals surface area contributed by atoms with Crippen molar-refractivity contribution in [3.05, 3.63) is 17.8 Å². The van der Waals surface area contributed by atoms with Crippen molar-refractivity contribution in [2.24, 2.45) is 0 Å². The first-order valence-corrected chi connectivity index (χ1v) is 5.05. The summed E-state index contributed by atoms with van der Waals surface area (Å²) < 4.78 is 5.14. The predicted octanol–water partition coefficient (Wildman–Crippen LogP) is 0.940. The van der Waals surface area contributed by atoms with Gasteiger partial charge in [-0.15, -0.1) is 0 Å². The summed E-state index contributed by atoms with van der Waals surface area (Å²) in [6.45, 7) is 4.59. The minimum Gasteiger partial charge on any atom is -0.449 e. The highest BCUT2D eigenvalue weighted by atomic mass is 16.3. The second-order valence-electron chi connectivity index (χ2n) is 3.87. The Morgan fingerprint density at radius 3 is 2.86 bits per heavy atom. The Kier molecular flexibility index (Phi) is 2.84. The molecular formula is C10H16N2O2. The van der Waals surface area contributed by atoms with E-state index in [0.29, 0.717) is 0 Å². The molecule has 1 aliphatic rings. The van der Waals surface area contributed by atoms with Gasteiger partial charge >= 0.3 is 0 Å². The summed E-state index contributed by atoms with van der Waals surface area (Å²) in [7, 11) is 0. The number of nitrogens with zero attached hydrogens (tertiary/aromatic N) is 2. The lowest BCUT2D eigenvalue weighted by Crippen LogP contribution is -2.35. The van der Waals surface area contributed by atoms with Crippen molar-refractivity contribution in [1.82, 2.24) is 9.88 Å². The molecule has 2 heterocycles. The topological polar surface area (TPSA) is 49.5 Å². The average molecular weight is 196 g/mol. The molecule has 1 aromatic rings. The fourth-order valence-electron chi connectivity index (χ4n) is 1.79. The Morgan fingerprint density at radius 1 is 1.57 bits per heavy atom. The molecule has 14 heavy (non-hydrogen) atoms. The van der Waals surface area contributed by atoms with E-state index >= 15 is 0 Å². The van der Waals surface area contributed by atoms with Gasteiger partial charge in [0.25, 0.3) is 0 Å². The molecule has 0 radical (unpaired) electrons. The Labute approximate surface area is 83.5 Å². The maximum Gasteiger partial charge on any atom is 0.191 e. The number of aromatic nitrogens is 1. The number of aliphatic hydroxyl groups excluding tert-OH is 1. The van der Waals surface area contributed by atoms with Crippen molar-refractivity contribution in [1.29, 1.82) is 0 Å². The van der Waals surface area contributed by atoms with Crippen LogP contribution in [0.25, 0.3) is 0 Å². The molecule has 0 unspecified atom stereocenters. The summed E-state index contributed by atoms with van der Waals surface area (Å²) in [4.78, 5) is 6.55. The summed E-state index contributed by atoms with van der Waals surface area (Å²) in [6.07, 6.45) is 3.35. The summed E-state index contributed by atoms with van der Waals surface area (Å²) in [6, 6.07) is 0. The molecule has 0 bridgehead atoms. The number of aryl methyl sites for hydroxylation is 1. The van der Waals surface area contributed by atoms with Crippen LogP contribution in [0.15, 0.2) is 10.7 Å². The first-order valence-electron chi connectivity index (χ1n) is 5.05. The standard InChI is InChI=1S/C10H16N2O2/c1-8-11-9(7-14-8)6-12-4-2-10(13)3-5-12/h7,10,13H,2-6H2,1H3. The quantitative estimate of drug-likeness (QED) is 0.764. The fourth-order valence-corrected chi connectivity index (χ4v) is 1.79. The number of likely N-dealkylation sites (tertiary alicyclic amines) is 1. The normalized spacial score (nSPS) is 20.1. The largest absolute Gasteiger partial charge is 0.449 e. The zero-order valence-corrected chi connectivity index (χ0v) is 8.44. The Morgan fingerprint density at radius 2 is 2.29 bits per heavy atom. The van der Waals surface area contributed by atoms with Crippen LogP contribution >= 0.6 is 0 Å². The Balaban J connectivity index is 1.86. The van der Waals surface area contributed by atoms with Crippen LogP contribution in [-0.4, -0.2) is 34.2 Å². The van der Waals surface area contributed by atoms with Crippen LogP contribution in [0.2, 0.25) is 0 Å². The van der Waals surface area contributed by atoms with Crippen LogP contribution < -0.4 is 0 Å². The number of rotatable bonds is 2. The monoisotopic (exact) mass is 196 g/mol. The van der Waals surface area contributed by atoms with Crippen molar-refractivity contribution >= 4 is 0 Å². The molecule has 1 N–H and O–H groups in total. The molecule has 1 fully saturated rings. The number of oxazole rings is 1. The predicted molar refractivity (Wildman–Crippen MR) is 51.8 cm³/mol.